The van der Waals surface area contributed by atoms with Gasteiger partial charge < -0.3 is 62.5 Å². The van der Waals surface area contributed by atoms with Crippen molar-refractivity contribution >= 4 is 29.2 Å². The predicted molar refractivity (Wildman–Crippen MR) is 191 cm³/mol. The smallest absolute Gasteiger partial charge is 0.242 e. The van der Waals surface area contributed by atoms with Crippen molar-refractivity contribution in [1.29, 1.82) is 0 Å². The zero-order chi connectivity index (χ0) is 39.6. The van der Waals surface area contributed by atoms with E-state index in [0.29, 0.717) is 19.4 Å². The van der Waals surface area contributed by atoms with Crippen molar-refractivity contribution in [1.82, 2.24) is 10.6 Å². The van der Waals surface area contributed by atoms with Crippen molar-refractivity contribution < 1.29 is 58.6 Å². The van der Waals surface area contributed by atoms with Crippen molar-refractivity contribution in [3.8, 4) is 17.2 Å². The standard InChI is InChI=1S/C37H49N5O12/c1-16-30(44)22(42-36(50)21(8-4-5-11-38)41-35(49)20(40)10-12-39)13-25(53-16)54-24-15-37(51,17(2)43)14-19-27(24)34(48)29-28(32(19)46)31(45)18-7-6-9-23(52-3)26(18)33(29)47/h6-7,9,16,20-22,24-25,30,44,46,48,51H,4-5,8,10-15,38-40H2,1-3H3,(H,41,49)(H,42,50)/t16-,20+,21+,22+,24+,25-,30-,37-/m0/s1. The van der Waals surface area contributed by atoms with E-state index in [2.05, 4.69) is 10.6 Å². The fourth-order valence-corrected chi connectivity index (χ4v) is 7.40. The van der Waals surface area contributed by atoms with Crippen LogP contribution in [0.5, 0.6) is 17.2 Å². The quantitative estimate of drug-likeness (QED) is 0.0739. The van der Waals surface area contributed by atoms with Gasteiger partial charge in [-0.15, -0.1) is 0 Å². The van der Waals surface area contributed by atoms with Crippen LogP contribution in [0.15, 0.2) is 18.2 Å². The minimum absolute atomic E-state index is 0.0669. The number of carbonyl (C=O) groups excluding carboxylic acids is 5. The molecule has 1 aliphatic heterocycles. The molecule has 2 amide bonds. The number of carbonyl (C=O) groups is 5. The number of fused-ring (bicyclic) bond motifs is 3. The minimum atomic E-state index is -2.13. The van der Waals surface area contributed by atoms with Crippen molar-refractivity contribution in [2.75, 3.05) is 20.2 Å². The summed E-state index contributed by atoms with van der Waals surface area (Å²) in [6, 6.07) is 1.39. The van der Waals surface area contributed by atoms with Crippen LogP contribution in [0.3, 0.4) is 0 Å². The van der Waals surface area contributed by atoms with E-state index in [0.717, 1.165) is 6.92 Å². The SMILES string of the molecule is COc1cccc2c1C(=O)c1c(O)c3c(c(O)c1C2=O)C[C@@](O)(C(C)=O)C[C@H]3O[C@H]1C[C@@H](NC(=O)[C@@H](CCCCN)NC(=O)[C@H](N)CCN)[C@@H](O)[C@H](C)O1. The summed E-state index contributed by atoms with van der Waals surface area (Å²) in [5.41, 5.74) is 13.5. The number of hydrogen-bond acceptors (Lipinski definition) is 15. The summed E-state index contributed by atoms with van der Waals surface area (Å²) in [5.74, 6) is -4.78. The van der Waals surface area contributed by atoms with E-state index in [9.17, 15) is 44.4 Å². The Morgan fingerprint density at radius 1 is 1.02 bits per heavy atom. The predicted octanol–water partition coefficient (Wildman–Crippen LogP) is -0.524. The van der Waals surface area contributed by atoms with E-state index < -0.39 is 113 Å². The number of ketones is 3. The van der Waals surface area contributed by atoms with Gasteiger partial charge in [0.05, 0.1) is 48.1 Å². The van der Waals surface area contributed by atoms with E-state index in [1.165, 1.54) is 32.2 Å². The van der Waals surface area contributed by atoms with Gasteiger partial charge in [-0.3, -0.25) is 24.0 Å². The molecule has 0 unspecified atom stereocenters. The lowest BCUT2D eigenvalue weighted by Crippen LogP contribution is -2.59. The molecular formula is C37H49N5O12. The third-order valence-electron chi connectivity index (χ3n) is 10.5. The molecule has 1 fully saturated rings. The Morgan fingerprint density at radius 2 is 1.72 bits per heavy atom. The largest absolute Gasteiger partial charge is 0.507 e. The van der Waals surface area contributed by atoms with Gasteiger partial charge in [-0.25, -0.2) is 0 Å². The summed E-state index contributed by atoms with van der Waals surface area (Å²) >= 11 is 0. The summed E-state index contributed by atoms with van der Waals surface area (Å²) in [4.78, 5) is 66.8. The van der Waals surface area contributed by atoms with Crippen LogP contribution in [0.2, 0.25) is 0 Å². The van der Waals surface area contributed by atoms with E-state index in [1.807, 2.05) is 0 Å². The number of amides is 2. The number of aromatic hydroxyl groups is 2. The van der Waals surface area contributed by atoms with Crippen LogP contribution in [0, 0.1) is 0 Å². The second-order valence-electron chi connectivity index (χ2n) is 14.1. The summed E-state index contributed by atoms with van der Waals surface area (Å²) in [6.45, 7) is 3.20. The van der Waals surface area contributed by atoms with Crippen molar-refractivity contribution in [2.24, 2.45) is 17.2 Å². The van der Waals surface area contributed by atoms with E-state index in [1.54, 1.807) is 0 Å². The molecule has 0 saturated carbocycles. The fourth-order valence-electron chi connectivity index (χ4n) is 7.40. The number of benzene rings is 2. The third kappa shape index (κ3) is 7.70. The van der Waals surface area contributed by atoms with Crippen LogP contribution >= 0.6 is 0 Å². The van der Waals surface area contributed by atoms with Crippen LogP contribution in [0.1, 0.15) is 101 Å². The molecule has 2 aliphatic carbocycles. The molecule has 1 saturated heterocycles. The molecule has 5 rings (SSSR count). The number of aliphatic hydroxyl groups excluding tert-OH is 1. The lowest BCUT2D eigenvalue weighted by molar-refractivity contribution is -0.249. The maximum atomic E-state index is 13.9. The number of unbranched alkanes of at least 4 members (excludes halogenated alkanes) is 1. The first-order valence-corrected chi connectivity index (χ1v) is 17.9. The van der Waals surface area contributed by atoms with Crippen molar-refractivity contribution in [3.05, 3.63) is 51.6 Å². The first-order valence-electron chi connectivity index (χ1n) is 17.9. The molecule has 0 spiro atoms. The highest BCUT2D eigenvalue weighted by molar-refractivity contribution is 6.31. The number of nitrogens with two attached hydrogens (primary N) is 3. The Kier molecular flexibility index (Phi) is 12.4. The maximum absolute atomic E-state index is 13.9. The maximum Gasteiger partial charge on any atom is 0.242 e. The van der Waals surface area contributed by atoms with Crippen LogP contribution in [0.25, 0.3) is 0 Å². The Bertz CT molecular complexity index is 1820. The van der Waals surface area contributed by atoms with Crippen LogP contribution < -0.4 is 32.6 Å². The highest BCUT2D eigenvalue weighted by atomic mass is 16.7. The topological polar surface area (TPSA) is 296 Å². The van der Waals surface area contributed by atoms with Crippen molar-refractivity contribution in [3.63, 3.8) is 0 Å². The normalized spacial score (nSPS) is 25.8. The number of phenols is 2. The van der Waals surface area contributed by atoms with Gasteiger partial charge in [0.2, 0.25) is 17.6 Å². The number of rotatable bonds is 14. The number of phenolic OH excluding ortho intramolecular Hbond substituents is 2. The molecule has 8 atom stereocenters. The molecule has 294 valence electrons. The third-order valence-corrected chi connectivity index (χ3v) is 10.5. The second kappa shape index (κ2) is 16.5. The Morgan fingerprint density at radius 3 is 2.37 bits per heavy atom. The average molecular weight is 756 g/mol. The van der Waals surface area contributed by atoms with Gasteiger partial charge in [-0.05, 0) is 58.7 Å². The molecule has 3 aliphatic rings. The van der Waals surface area contributed by atoms with Gasteiger partial charge >= 0.3 is 0 Å². The Labute approximate surface area is 311 Å². The molecule has 0 bridgehead atoms. The highest BCUT2D eigenvalue weighted by Crippen LogP contribution is 2.52. The first-order chi connectivity index (χ1) is 25.6. The number of ether oxygens (including phenoxy) is 3. The number of hydrogen-bond donors (Lipinski definition) is 9. The lowest BCUT2D eigenvalue weighted by Gasteiger charge is -2.43. The molecule has 2 aromatic carbocycles. The zero-order valence-corrected chi connectivity index (χ0v) is 30.4. The zero-order valence-electron chi connectivity index (χ0n) is 30.4. The van der Waals surface area contributed by atoms with E-state index >= 15 is 0 Å². The summed E-state index contributed by atoms with van der Waals surface area (Å²) in [5, 5.41) is 51.4. The van der Waals surface area contributed by atoms with Crippen LogP contribution in [-0.4, -0.2) is 112 Å². The monoisotopic (exact) mass is 755 g/mol. The highest BCUT2D eigenvalue weighted by Gasteiger charge is 2.50. The summed E-state index contributed by atoms with van der Waals surface area (Å²) < 4.78 is 17.6. The number of methoxy groups -OCH3 is 1. The second-order valence-corrected chi connectivity index (χ2v) is 14.1. The molecule has 2 aromatic rings. The molecule has 17 nitrogen and oxygen atoms in total. The van der Waals surface area contributed by atoms with E-state index in [4.69, 9.17) is 31.4 Å². The number of Topliss-reactive ketones (excluding diaryl/α,β-unsaturated/α-hetero) is 1. The van der Waals surface area contributed by atoms with Gasteiger partial charge in [-0.2, -0.15) is 0 Å². The molecule has 12 N–H and O–H groups in total. The van der Waals surface area contributed by atoms with Crippen LogP contribution in [-0.2, 0) is 30.3 Å². The molecule has 17 heteroatoms. The fraction of sp³-hybridized carbons (Fsp3) is 0.541. The number of nitrogens with one attached hydrogen (secondary N) is 2. The van der Waals surface area contributed by atoms with Gasteiger partial charge in [0.1, 0.15) is 35.0 Å². The van der Waals surface area contributed by atoms with Gasteiger partial charge in [0.25, 0.3) is 0 Å². The Balaban J connectivity index is 1.47. The minimum Gasteiger partial charge on any atom is -0.507 e. The molecular weight excluding hydrogens is 706 g/mol. The molecule has 54 heavy (non-hydrogen) atoms. The summed E-state index contributed by atoms with van der Waals surface area (Å²) in [7, 11) is 1.31. The van der Waals surface area contributed by atoms with Gasteiger partial charge in [-0.1, -0.05) is 12.1 Å². The van der Waals surface area contributed by atoms with E-state index in [-0.39, 0.29) is 53.8 Å². The Hall–Kier alpha value is -4.49. The summed E-state index contributed by atoms with van der Waals surface area (Å²) in [6.07, 6.45) is -4.47. The van der Waals surface area contributed by atoms with Gasteiger partial charge in [0, 0.05) is 36.0 Å². The first kappa shape index (κ1) is 40.7. The molecule has 0 radical (unpaired) electrons. The van der Waals surface area contributed by atoms with Gasteiger partial charge in [0.15, 0.2) is 17.9 Å². The molecule has 0 aromatic heterocycles. The van der Waals surface area contributed by atoms with Crippen molar-refractivity contribution in [2.45, 2.75) is 107 Å². The number of aliphatic hydroxyl groups is 2. The van der Waals surface area contributed by atoms with Crippen LogP contribution in [0.4, 0.5) is 0 Å². The lowest BCUT2D eigenvalue weighted by atomic mass is 9.72. The molecule has 1 heterocycles. The average Bonchev–Trinajstić information content (AvgIpc) is 3.13.